The van der Waals surface area contributed by atoms with Gasteiger partial charge in [-0.15, -0.1) is 0 Å². The maximum Gasteiger partial charge on any atom is 0.210 e. The molecule has 86 valence electrons. The van der Waals surface area contributed by atoms with Crippen molar-refractivity contribution in [3.63, 3.8) is 0 Å². The lowest BCUT2D eigenvalue weighted by molar-refractivity contribution is 0.0332. The fraction of sp³-hybridized carbons (Fsp3) is 1.00. The summed E-state index contributed by atoms with van der Waals surface area (Å²) in [6.45, 7) is 4.46. The predicted octanol–water partition coefficient (Wildman–Crippen LogP) is -0.584. The highest BCUT2D eigenvalue weighted by molar-refractivity contribution is 7.89. The van der Waals surface area contributed by atoms with Gasteiger partial charge in [-0.3, -0.25) is 0 Å². The number of rotatable bonds is 7. The molecule has 0 spiro atoms. The third-order valence-electron chi connectivity index (χ3n) is 2.33. The van der Waals surface area contributed by atoms with Crippen LogP contribution in [-0.4, -0.2) is 38.0 Å². The number of hydrogen-bond acceptors (Lipinski definition) is 4. The van der Waals surface area contributed by atoms with Crippen molar-refractivity contribution in [1.29, 1.82) is 0 Å². The van der Waals surface area contributed by atoms with Gasteiger partial charge in [-0.2, -0.15) is 0 Å². The Bertz CT molecular complexity index is 247. The molecule has 4 N–H and O–H groups in total. The summed E-state index contributed by atoms with van der Waals surface area (Å²) in [6, 6.07) is 0. The van der Waals surface area contributed by atoms with E-state index in [-0.39, 0.29) is 12.3 Å². The predicted molar refractivity (Wildman–Crippen MR) is 56.4 cm³/mol. The van der Waals surface area contributed by atoms with Crippen LogP contribution in [0.3, 0.4) is 0 Å². The van der Waals surface area contributed by atoms with Crippen LogP contribution in [0.25, 0.3) is 0 Å². The number of primary sulfonamides is 1. The van der Waals surface area contributed by atoms with E-state index in [1.165, 1.54) is 0 Å². The summed E-state index contributed by atoms with van der Waals surface area (Å²) >= 11 is 0. The van der Waals surface area contributed by atoms with Gasteiger partial charge < -0.3 is 10.4 Å². The number of sulfonamides is 1. The van der Waals surface area contributed by atoms with E-state index in [4.69, 9.17) is 5.14 Å². The molecule has 0 aliphatic heterocycles. The van der Waals surface area contributed by atoms with Gasteiger partial charge in [-0.05, 0) is 12.8 Å². The molecule has 0 fully saturated rings. The Morgan fingerprint density at radius 1 is 1.36 bits per heavy atom. The van der Waals surface area contributed by atoms with Crippen LogP contribution in [0.5, 0.6) is 0 Å². The Kier molecular flexibility index (Phi) is 5.58. The van der Waals surface area contributed by atoms with Crippen LogP contribution in [0.4, 0.5) is 0 Å². The lowest BCUT2D eigenvalue weighted by Crippen LogP contribution is -2.41. The number of hydrogen-bond donors (Lipinski definition) is 3. The zero-order chi connectivity index (χ0) is 11.2. The average Bonchev–Trinajstić information content (AvgIpc) is 2.11. The molecule has 0 atom stereocenters. The van der Waals surface area contributed by atoms with Gasteiger partial charge in [0.05, 0.1) is 11.4 Å². The van der Waals surface area contributed by atoms with E-state index in [1.807, 2.05) is 13.8 Å². The molecule has 0 saturated carbocycles. The molecule has 0 aliphatic carbocycles. The second kappa shape index (κ2) is 5.65. The third kappa shape index (κ3) is 6.31. The van der Waals surface area contributed by atoms with Gasteiger partial charge in [0.25, 0.3) is 0 Å². The Morgan fingerprint density at radius 3 is 2.21 bits per heavy atom. The van der Waals surface area contributed by atoms with Crippen molar-refractivity contribution in [2.24, 2.45) is 5.14 Å². The molecule has 0 aliphatic rings. The highest BCUT2D eigenvalue weighted by atomic mass is 32.2. The standard InChI is InChI=1S/C8H20N2O3S/c1-3-8(11,4-2)7-10-5-6-14(9,12)13/h10-11H,3-7H2,1-2H3,(H2,9,12,13). The van der Waals surface area contributed by atoms with E-state index in [0.717, 1.165) is 0 Å². The summed E-state index contributed by atoms with van der Waals surface area (Å²) in [7, 11) is -3.40. The Balaban J connectivity index is 3.74. The first kappa shape index (κ1) is 13.8. The first-order chi connectivity index (χ1) is 6.33. The minimum Gasteiger partial charge on any atom is -0.389 e. The second-order valence-electron chi connectivity index (χ2n) is 3.48. The van der Waals surface area contributed by atoms with Crippen LogP contribution in [0.2, 0.25) is 0 Å². The molecular formula is C8H20N2O3S. The van der Waals surface area contributed by atoms with Crippen molar-refractivity contribution in [1.82, 2.24) is 5.32 Å². The Morgan fingerprint density at radius 2 is 1.86 bits per heavy atom. The van der Waals surface area contributed by atoms with Gasteiger partial charge in [0.2, 0.25) is 10.0 Å². The Labute approximate surface area is 85.7 Å². The number of aliphatic hydroxyl groups is 1. The van der Waals surface area contributed by atoms with Gasteiger partial charge in [0.1, 0.15) is 0 Å². The first-order valence-corrected chi connectivity index (χ1v) is 6.48. The van der Waals surface area contributed by atoms with Crippen molar-refractivity contribution < 1.29 is 13.5 Å². The molecule has 0 radical (unpaired) electrons. The molecule has 0 aromatic rings. The maximum atomic E-state index is 10.6. The number of nitrogens with one attached hydrogen (secondary N) is 1. The molecule has 0 heterocycles. The van der Waals surface area contributed by atoms with E-state index in [1.54, 1.807) is 0 Å². The molecule has 0 aromatic heterocycles. The largest absolute Gasteiger partial charge is 0.389 e. The number of nitrogens with two attached hydrogens (primary N) is 1. The van der Waals surface area contributed by atoms with E-state index in [9.17, 15) is 13.5 Å². The summed E-state index contributed by atoms with van der Waals surface area (Å²) in [6.07, 6.45) is 1.29. The minimum absolute atomic E-state index is 0.101. The molecular weight excluding hydrogens is 204 g/mol. The quantitative estimate of drug-likeness (QED) is 0.504. The van der Waals surface area contributed by atoms with E-state index >= 15 is 0 Å². The average molecular weight is 224 g/mol. The van der Waals surface area contributed by atoms with Gasteiger partial charge >= 0.3 is 0 Å². The molecule has 0 rings (SSSR count). The lowest BCUT2D eigenvalue weighted by Gasteiger charge is -2.25. The Hall–Kier alpha value is -0.170. The molecule has 0 aromatic carbocycles. The summed E-state index contributed by atoms with van der Waals surface area (Å²) in [4.78, 5) is 0. The highest BCUT2D eigenvalue weighted by Gasteiger charge is 2.21. The molecule has 6 heteroatoms. The summed E-state index contributed by atoms with van der Waals surface area (Å²) in [5.74, 6) is -0.101. The summed E-state index contributed by atoms with van der Waals surface area (Å²) < 4.78 is 21.1. The summed E-state index contributed by atoms with van der Waals surface area (Å²) in [5, 5.41) is 17.5. The fourth-order valence-corrected chi connectivity index (χ4v) is 1.46. The topological polar surface area (TPSA) is 92.4 Å². The van der Waals surface area contributed by atoms with Crippen LogP contribution in [0, 0.1) is 0 Å². The van der Waals surface area contributed by atoms with Gasteiger partial charge in [-0.1, -0.05) is 13.8 Å². The fourth-order valence-electron chi connectivity index (χ4n) is 1.04. The van der Waals surface area contributed by atoms with Gasteiger partial charge in [0.15, 0.2) is 0 Å². The van der Waals surface area contributed by atoms with Crippen LogP contribution >= 0.6 is 0 Å². The van der Waals surface area contributed by atoms with Crippen molar-refractivity contribution in [2.75, 3.05) is 18.8 Å². The molecule has 0 unspecified atom stereocenters. The van der Waals surface area contributed by atoms with E-state index in [0.29, 0.717) is 19.4 Å². The zero-order valence-corrected chi connectivity index (χ0v) is 9.60. The lowest BCUT2D eigenvalue weighted by atomic mass is 9.98. The second-order valence-corrected chi connectivity index (χ2v) is 5.21. The van der Waals surface area contributed by atoms with Crippen LogP contribution in [0.1, 0.15) is 26.7 Å². The molecule has 5 nitrogen and oxygen atoms in total. The normalized spacial score (nSPS) is 13.1. The van der Waals surface area contributed by atoms with Crippen LogP contribution in [-0.2, 0) is 10.0 Å². The highest BCUT2D eigenvalue weighted by Crippen LogP contribution is 2.12. The van der Waals surface area contributed by atoms with Gasteiger partial charge in [-0.25, -0.2) is 13.6 Å². The third-order valence-corrected chi connectivity index (χ3v) is 3.11. The van der Waals surface area contributed by atoms with Crippen LogP contribution in [0.15, 0.2) is 0 Å². The minimum atomic E-state index is -3.40. The molecule has 14 heavy (non-hydrogen) atoms. The zero-order valence-electron chi connectivity index (χ0n) is 8.78. The molecule has 0 bridgehead atoms. The van der Waals surface area contributed by atoms with Crippen molar-refractivity contribution in [3.8, 4) is 0 Å². The van der Waals surface area contributed by atoms with E-state index in [2.05, 4.69) is 5.32 Å². The van der Waals surface area contributed by atoms with Gasteiger partial charge in [0, 0.05) is 13.1 Å². The maximum absolute atomic E-state index is 10.6. The van der Waals surface area contributed by atoms with Crippen molar-refractivity contribution in [3.05, 3.63) is 0 Å². The van der Waals surface area contributed by atoms with Crippen molar-refractivity contribution >= 4 is 10.0 Å². The van der Waals surface area contributed by atoms with Crippen molar-refractivity contribution in [2.45, 2.75) is 32.3 Å². The monoisotopic (exact) mass is 224 g/mol. The molecule has 0 saturated heterocycles. The first-order valence-electron chi connectivity index (χ1n) is 4.76. The molecule has 0 amide bonds. The summed E-state index contributed by atoms with van der Waals surface area (Å²) in [5.41, 5.74) is -0.738. The van der Waals surface area contributed by atoms with E-state index < -0.39 is 15.6 Å². The SMILES string of the molecule is CCC(O)(CC)CNCCS(N)(=O)=O. The van der Waals surface area contributed by atoms with Crippen LogP contribution < -0.4 is 10.5 Å². The smallest absolute Gasteiger partial charge is 0.210 e.